The molecule has 1 amide bonds. The molecule has 0 N–H and O–H groups in total. The van der Waals surface area contributed by atoms with Gasteiger partial charge in [0.2, 0.25) is 5.91 Å². The summed E-state index contributed by atoms with van der Waals surface area (Å²) >= 11 is 5.96. The summed E-state index contributed by atoms with van der Waals surface area (Å²) in [7, 11) is 0. The van der Waals surface area contributed by atoms with Crippen LogP contribution in [0.15, 0.2) is 24.3 Å². The second kappa shape index (κ2) is 5.79. The van der Waals surface area contributed by atoms with E-state index in [1.165, 1.54) is 0 Å². The molecule has 4 heteroatoms. The number of likely N-dealkylation sites (tertiary alicyclic amines) is 1. The molecule has 0 saturated carbocycles. The highest BCUT2D eigenvalue weighted by atomic mass is 35.5. The molecular formula is C14H14ClNO2. The number of para-hydroxylation sites is 1. The largest absolute Gasteiger partial charge is 0.490 e. The molecule has 0 spiro atoms. The molecule has 0 bridgehead atoms. The minimum absolute atomic E-state index is 0.0396. The standard InChI is InChI=1S/C14H14ClNO2/c1-2-11-9-14(17)16(10-11)7-8-18-13-6-4-3-5-12(13)15/h1,3-6,11H,7-10H2. The average molecular weight is 264 g/mol. The highest BCUT2D eigenvalue weighted by Crippen LogP contribution is 2.23. The van der Waals surface area contributed by atoms with Gasteiger partial charge >= 0.3 is 0 Å². The number of ether oxygens (including phenoxy) is 1. The van der Waals surface area contributed by atoms with Crippen LogP contribution in [-0.2, 0) is 4.79 Å². The Morgan fingerprint density at radius 3 is 2.94 bits per heavy atom. The van der Waals surface area contributed by atoms with Crippen LogP contribution in [0.25, 0.3) is 0 Å². The minimum atomic E-state index is 0.0396. The second-order valence-electron chi connectivity index (χ2n) is 4.19. The summed E-state index contributed by atoms with van der Waals surface area (Å²) in [6.07, 6.45) is 5.77. The zero-order valence-corrected chi connectivity index (χ0v) is 10.7. The number of rotatable bonds is 4. The predicted octanol–water partition coefficient (Wildman–Crippen LogP) is 2.20. The molecule has 1 heterocycles. The number of carbonyl (C=O) groups is 1. The Bertz CT molecular complexity index is 481. The third kappa shape index (κ3) is 2.96. The van der Waals surface area contributed by atoms with E-state index in [0.29, 0.717) is 36.9 Å². The Morgan fingerprint density at radius 1 is 1.50 bits per heavy atom. The lowest BCUT2D eigenvalue weighted by Gasteiger charge is -2.16. The zero-order chi connectivity index (χ0) is 13.0. The summed E-state index contributed by atoms with van der Waals surface area (Å²) in [5.74, 6) is 3.39. The van der Waals surface area contributed by atoms with Crippen molar-refractivity contribution in [3.05, 3.63) is 29.3 Å². The number of terminal acetylenes is 1. The fourth-order valence-electron chi connectivity index (χ4n) is 1.93. The number of amides is 1. The molecule has 0 aromatic heterocycles. The van der Waals surface area contributed by atoms with Crippen molar-refractivity contribution in [2.75, 3.05) is 19.7 Å². The van der Waals surface area contributed by atoms with Crippen LogP contribution in [0.3, 0.4) is 0 Å². The van der Waals surface area contributed by atoms with Crippen LogP contribution in [0.1, 0.15) is 6.42 Å². The molecular weight excluding hydrogens is 250 g/mol. The number of carbonyl (C=O) groups excluding carboxylic acids is 1. The number of benzene rings is 1. The molecule has 0 aliphatic carbocycles. The Hall–Kier alpha value is -1.66. The van der Waals surface area contributed by atoms with E-state index in [4.69, 9.17) is 22.8 Å². The lowest BCUT2D eigenvalue weighted by Crippen LogP contribution is -2.29. The maximum Gasteiger partial charge on any atom is 0.224 e. The summed E-state index contributed by atoms with van der Waals surface area (Å²) in [5, 5.41) is 0.576. The topological polar surface area (TPSA) is 29.5 Å². The maximum atomic E-state index is 11.6. The summed E-state index contributed by atoms with van der Waals surface area (Å²) < 4.78 is 5.54. The van der Waals surface area contributed by atoms with Crippen LogP contribution >= 0.6 is 11.6 Å². The summed E-state index contributed by atoms with van der Waals surface area (Å²) in [6, 6.07) is 7.28. The fraction of sp³-hybridized carbons (Fsp3) is 0.357. The summed E-state index contributed by atoms with van der Waals surface area (Å²) in [6.45, 7) is 1.59. The van der Waals surface area contributed by atoms with Crippen LogP contribution < -0.4 is 4.74 Å². The quantitative estimate of drug-likeness (QED) is 0.780. The van der Waals surface area contributed by atoms with Gasteiger partial charge in [-0.3, -0.25) is 4.79 Å². The molecule has 18 heavy (non-hydrogen) atoms. The van der Waals surface area contributed by atoms with E-state index < -0.39 is 0 Å². The molecule has 94 valence electrons. The molecule has 0 radical (unpaired) electrons. The van der Waals surface area contributed by atoms with Gasteiger partial charge in [0, 0.05) is 18.9 Å². The molecule has 1 fully saturated rings. The molecule has 1 saturated heterocycles. The predicted molar refractivity (Wildman–Crippen MR) is 70.5 cm³/mol. The summed E-state index contributed by atoms with van der Waals surface area (Å²) in [4.78, 5) is 13.3. The SMILES string of the molecule is C#CC1CC(=O)N(CCOc2ccccc2Cl)C1. The molecule has 2 rings (SSSR count). The van der Waals surface area contributed by atoms with Gasteiger partial charge < -0.3 is 9.64 Å². The maximum absolute atomic E-state index is 11.6. The van der Waals surface area contributed by atoms with Crippen molar-refractivity contribution >= 4 is 17.5 Å². The van der Waals surface area contributed by atoms with Crippen LogP contribution in [0.4, 0.5) is 0 Å². The van der Waals surface area contributed by atoms with E-state index in [9.17, 15) is 4.79 Å². The van der Waals surface area contributed by atoms with Crippen molar-refractivity contribution in [2.24, 2.45) is 5.92 Å². The van der Waals surface area contributed by atoms with Gasteiger partial charge in [-0.2, -0.15) is 0 Å². The first-order valence-corrected chi connectivity index (χ1v) is 6.19. The van der Waals surface area contributed by atoms with Crippen molar-refractivity contribution in [1.82, 2.24) is 4.90 Å². The molecule has 3 nitrogen and oxygen atoms in total. The van der Waals surface area contributed by atoms with Gasteiger partial charge in [0.1, 0.15) is 12.4 Å². The van der Waals surface area contributed by atoms with Crippen LogP contribution in [0.2, 0.25) is 5.02 Å². The fourth-order valence-corrected chi connectivity index (χ4v) is 2.12. The lowest BCUT2D eigenvalue weighted by molar-refractivity contribution is -0.128. The van der Waals surface area contributed by atoms with E-state index in [1.54, 1.807) is 17.0 Å². The van der Waals surface area contributed by atoms with Gasteiger partial charge in [0.15, 0.2) is 0 Å². The van der Waals surface area contributed by atoms with Crippen molar-refractivity contribution in [3.8, 4) is 18.1 Å². The van der Waals surface area contributed by atoms with E-state index in [0.717, 1.165) is 0 Å². The van der Waals surface area contributed by atoms with E-state index in [-0.39, 0.29) is 11.8 Å². The zero-order valence-electron chi connectivity index (χ0n) is 9.93. The number of hydrogen-bond donors (Lipinski definition) is 0. The first-order valence-electron chi connectivity index (χ1n) is 5.82. The number of halogens is 1. The van der Waals surface area contributed by atoms with Gasteiger partial charge in [-0.15, -0.1) is 12.3 Å². The molecule has 1 aromatic rings. The van der Waals surface area contributed by atoms with Crippen molar-refractivity contribution in [2.45, 2.75) is 6.42 Å². The third-order valence-corrected chi connectivity index (χ3v) is 3.22. The normalized spacial score (nSPS) is 18.8. The monoisotopic (exact) mass is 263 g/mol. The molecule has 1 aromatic carbocycles. The Kier molecular flexibility index (Phi) is 4.11. The number of nitrogens with zero attached hydrogens (tertiary/aromatic N) is 1. The van der Waals surface area contributed by atoms with Crippen molar-refractivity contribution < 1.29 is 9.53 Å². The van der Waals surface area contributed by atoms with Crippen molar-refractivity contribution in [3.63, 3.8) is 0 Å². The van der Waals surface area contributed by atoms with Gasteiger partial charge in [-0.05, 0) is 12.1 Å². The average Bonchev–Trinajstić information content (AvgIpc) is 2.73. The smallest absolute Gasteiger partial charge is 0.224 e. The molecule has 1 unspecified atom stereocenters. The molecule has 1 aliphatic heterocycles. The van der Waals surface area contributed by atoms with E-state index in [1.807, 2.05) is 12.1 Å². The van der Waals surface area contributed by atoms with E-state index in [2.05, 4.69) is 5.92 Å². The lowest BCUT2D eigenvalue weighted by atomic mass is 10.1. The van der Waals surface area contributed by atoms with Gasteiger partial charge in [0.05, 0.1) is 11.6 Å². The highest BCUT2D eigenvalue weighted by Gasteiger charge is 2.27. The van der Waals surface area contributed by atoms with Crippen LogP contribution in [-0.4, -0.2) is 30.5 Å². The van der Waals surface area contributed by atoms with Gasteiger partial charge in [0.25, 0.3) is 0 Å². The Balaban J connectivity index is 1.82. The van der Waals surface area contributed by atoms with Gasteiger partial charge in [-0.25, -0.2) is 0 Å². The first kappa shape index (κ1) is 12.8. The minimum Gasteiger partial charge on any atom is -0.490 e. The van der Waals surface area contributed by atoms with Crippen LogP contribution in [0, 0.1) is 18.3 Å². The Morgan fingerprint density at radius 2 is 2.28 bits per heavy atom. The second-order valence-corrected chi connectivity index (χ2v) is 4.59. The van der Waals surface area contributed by atoms with Crippen LogP contribution in [0.5, 0.6) is 5.75 Å². The third-order valence-electron chi connectivity index (χ3n) is 2.91. The highest BCUT2D eigenvalue weighted by molar-refractivity contribution is 6.32. The molecule has 1 aliphatic rings. The van der Waals surface area contributed by atoms with Gasteiger partial charge in [-0.1, -0.05) is 23.7 Å². The molecule has 1 atom stereocenters. The number of hydrogen-bond acceptors (Lipinski definition) is 2. The van der Waals surface area contributed by atoms with E-state index >= 15 is 0 Å². The van der Waals surface area contributed by atoms with Crippen molar-refractivity contribution in [1.29, 1.82) is 0 Å². The first-order chi connectivity index (χ1) is 8.70. The summed E-state index contributed by atoms with van der Waals surface area (Å²) in [5.41, 5.74) is 0. The Labute approximate surface area is 112 Å².